The van der Waals surface area contributed by atoms with Gasteiger partial charge in [-0.05, 0) is 53.0 Å². The molecule has 4 rings (SSSR count). The second kappa shape index (κ2) is 6.09. The van der Waals surface area contributed by atoms with Gasteiger partial charge in [-0.2, -0.15) is 0 Å². The number of piperidine rings is 1. The molecule has 118 valence electrons. The zero-order chi connectivity index (χ0) is 15.8. The first kappa shape index (κ1) is 14.9. The van der Waals surface area contributed by atoms with E-state index in [0.29, 0.717) is 22.9 Å². The third-order valence-corrected chi connectivity index (χ3v) is 5.78. The monoisotopic (exact) mass is 390 g/mol. The van der Waals surface area contributed by atoms with Crippen LogP contribution in [-0.4, -0.2) is 28.9 Å². The van der Waals surface area contributed by atoms with E-state index in [9.17, 15) is 4.79 Å². The molecule has 23 heavy (non-hydrogen) atoms. The average molecular weight is 391 g/mol. The Bertz CT molecular complexity index is 824. The third-order valence-electron chi connectivity index (χ3n) is 4.15. The van der Waals surface area contributed by atoms with Gasteiger partial charge in [-0.25, -0.2) is 4.98 Å². The van der Waals surface area contributed by atoms with Gasteiger partial charge in [0.25, 0.3) is 5.91 Å². The molecule has 4 nitrogen and oxygen atoms in total. The molecule has 1 amide bonds. The largest absolute Gasteiger partial charge is 0.444 e. The van der Waals surface area contributed by atoms with Crippen molar-refractivity contribution in [2.75, 3.05) is 13.1 Å². The summed E-state index contributed by atoms with van der Waals surface area (Å²) in [4.78, 5) is 19.2. The number of carbonyl (C=O) groups is 1. The number of para-hydroxylation sites is 1. The van der Waals surface area contributed by atoms with Crippen molar-refractivity contribution in [2.45, 2.75) is 18.8 Å². The number of furan rings is 1. The number of hydrogen-bond donors (Lipinski definition) is 0. The molecule has 0 aliphatic carbocycles. The number of halogens is 1. The third kappa shape index (κ3) is 2.93. The summed E-state index contributed by atoms with van der Waals surface area (Å²) in [5, 5.41) is 1.13. The molecule has 1 aromatic carbocycles. The molecule has 6 heteroatoms. The fourth-order valence-corrected chi connectivity index (χ4v) is 4.41. The smallest absolute Gasteiger partial charge is 0.289 e. The van der Waals surface area contributed by atoms with Crippen molar-refractivity contribution in [1.29, 1.82) is 0 Å². The summed E-state index contributed by atoms with van der Waals surface area (Å²) in [6, 6.07) is 11.7. The highest BCUT2D eigenvalue weighted by atomic mass is 79.9. The summed E-state index contributed by atoms with van der Waals surface area (Å²) < 4.78 is 7.19. The first-order chi connectivity index (χ1) is 11.2. The zero-order valence-corrected chi connectivity index (χ0v) is 14.8. The fraction of sp³-hybridized carbons (Fsp3) is 0.294. The van der Waals surface area contributed by atoms with E-state index in [-0.39, 0.29) is 5.91 Å². The lowest BCUT2D eigenvalue weighted by Gasteiger charge is -2.31. The van der Waals surface area contributed by atoms with E-state index >= 15 is 0 Å². The average Bonchev–Trinajstić information content (AvgIpc) is 3.20. The van der Waals surface area contributed by atoms with Gasteiger partial charge in [0.05, 0.1) is 15.2 Å². The molecular weight excluding hydrogens is 376 g/mol. The van der Waals surface area contributed by atoms with Crippen LogP contribution in [0.5, 0.6) is 0 Å². The predicted molar refractivity (Wildman–Crippen MR) is 93.9 cm³/mol. The van der Waals surface area contributed by atoms with Crippen molar-refractivity contribution in [3.05, 3.63) is 51.8 Å². The minimum atomic E-state index is -0.0403. The number of benzene rings is 1. The Morgan fingerprint density at radius 1 is 1.30 bits per heavy atom. The lowest BCUT2D eigenvalue weighted by Crippen LogP contribution is -2.38. The van der Waals surface area contributed by atoms with Crippen molar-refractivity contribution in [2.24, 2.45) is 0 Å². The summed E-state index contributed by atoms with van der Waals surface area (Å²) in [6.45, 7) is 1.48. The number of aromatic nitrogens is 1. The molecule has 3 aromatic rings. The van der Waals surface area contributed by atoms with Gasteiger partial charge in [0, 0.05) is 19.0 Å². The standard InChI is InChI=1S/C17H15BrN2O2S/c18-15-8-7-13(22-15)17(21)20-9-3-4-11(10-20)16-19-12-5-1-2-6-14(12)23-16/h1-2,5-8,11H,3-4,9-10H2. The van der Waals surface area contributed by atoms with E-state index in [4.69, 9.17) is 9.40 Å². The Kier molecular flexibility index (Phi) is 3.95. The molecule has 1 fully saturated rings. The molecule has 3 heterocycles. The molecule has 1 saturated heterocycles. The van der Waals surface area contributed by atoms with Crippen LogP contribution in [0.25, 0.3) is 10.2 Å². The lowest BCUT2D eigenvalue weighted by molar-refractivity contribution is 0.0673. The van der Waals surface area contributed by atoms with Gasteiger partial charge >= 0.3 is 0 Å². The maximum atomic E-state index is 12.6. The van der Waals surface area contributed by atoms with Gasteiger partial charge in [0.2, 0.25) is 0 Å². The van der Waals surface area contributed by atoms with Crippen LogP contribution in [0.4, 0.5) is 0 Å². The first-order valence-electron chi connectivity index (χ1n) is 7.61. The zero-order valence-electron chi connectivity index (χ0n) is 12.4. The normalized spacial score (nSPS) is 18.5. The quantitative estimate of drug-likeness (QED) is 0.638. The van der Waals surface area contributed by atoms with Crippen LogP contribution < -0.4 is 0 Å². The van der Waals surface area contributed by atoms with E-state index in [2.05, 4.69) is 22.0 Å². The highest BCUT2D eigenvalue weighted by molar-refractivity contribution is 9.10. The molecule has 1 aliphatic rings. The second-order valence-corrected chi connectivity index (χ2v) is 7.56. The van der Waals surface area contributed by atoms with Crippen molar-refractivity contribution >= 4 is 43.4 Å². The van der Waals surface area contributed by atoms with Crippen LogP contribution in [0.2, 0.25) is 0 Å². The fourth-order valence-electron chi connectivity index (χ4n) is 3.01. The van der Waals surface area contributed by atoms with Gasteiger partial charge in [0.1, 0.15) is 0 Å². The van der Waals surface area contributed by atoms with Crippen molar-refractivity contribution in [3.63, 3.8) is 0 Å². The predicted octanol–water partition coefficient (Wildman–Crippen LogP) is 4.67. The second-order valence-electron chi connectivity index (χ2n) is 5.71. The van der Waals surface area contributed by atoms with Crippen LogP contribution in [0, 0.1) is 0 Å². The number of amides is 1. The van der Waals surface area contributed by atoms with Crippen LogP contribution in [-0.2, 0) is 0 Å². The number of likely N-dealkylation sites (tertiary alicyclic amines) is 1. The van der Waals surface area contributed by atoms with Crippen molar-refractivity contribution in [1.82, 2.24) is 9.88 Å². The number of nitrogens with zero attached hydrogens (tertiary/aromatic N) is 2. The van der Waals surface area contributed by atoms with Gasteiger partial charge in [-0.1, -0.05) is 12.1 Å². The Morgan fingerprint density at radius 3 is 2.96 bits per heavy atom. The highest BCUT2D eigenvalue weighted by Gasteiger charge is 2.28. The maximum Gasteiger partial charge on any atom is 0.289 e. The van der Waals surface area contributed by atoms with Gasteiger partial charge in [-0.3, -0.25) is 4.79 Å². The number of carbonyl (C=O) groups excluding carboxylic acids is 1. The first-order valence-corrected chi connectivity index (χ1v) is 9.22. The van der Waals surface area contributed by atoms with Crippen LogP contribution in [0.1, 0.15) is 34.3 Å². The summed E-state index contributed by atoms with van der Waals surface area (Å²) in [6.07, 6.45) is 2.07. The Hall–Kier alpha value is -1.66. The van der Waals surface area contributed by atoms with Crippen molar-refractivity contribution < 1.29 is 9.21 Å². The molecule has 1 atom stereocenters. The van der Waals surface area contributed by atoms with E-state index in [1.54, 1.807) is 23.5 Å². The van der Waals surface area contributed by atoms with E-state index in [0.717, 1.165) is 29.9 Å². The maximum absolute atomic E-state index is 12.6. The molecule has 2 aromatic heterocycles. The van der Waals surface area contributed by atoms with Gasteiger partial charge in [-0.15, -0.1) is 11.3 Å². The Morgan fingerprint density at radius 2 is 2.17 bits per heavy atom. The Balaban J connectivity index is 1.55. The molecule has 1 unspecified atom stereocenters. The Labute approximate surface area is 146 Å². The van der Waals surface area contributed by atoms with Crippen molar-refractivity contribution in [3.8, 4) is 0 Å². The molecule has 0 bridgehead atoms. The lowest BCUT2D eigenvalue weighted by atomic mass is 9.98. The van der Waals surface area contributed by atoms with Crippen LogP contribution in [0.15, 0.2) is 45.5 Å². The molecular formula is C17H15BrN2O2S. The van der Waals surface area contributed by atoms with Gasteiger partial charge in [0.15, 0.2) is 10.4 Å². The van der Waals surface area contributed by atoms with Crippen LogP contribution >= 0.6 is 27.3 Å². The summed E-state index contributed by atoms with van der Waals surface area (Å²) in [7, 11) is 0. The van der Waals surface area contributed by atoms with E-state index < -0.39 is 0 Å². The number of fused-ring (bicyclic) bond motifs is 1. The SMILES string of the molecule is O=C(c1ccc(Br)o1)N1CCCC(c2nc3ccccc3s2)C1. The van der Waals surface area contributed by atoms with E-state index in [1.807, 2.05) is 23.1 Å². The van der Waals surface area contributed by atoms with Gasteiger partial charge < -0.3 is 9.32 Å². The van der Waals surface area contributed by atoms with Crippen LogP contribution in [0.3, 0.4) is 0 Å². The molecule has 0 saturated carbocycles. The summed E-state index contributed by atoms with van der Waals surface area (Å²) >= 11 is 4.98. The molecule has 0 spiro atoms. The number of hydrogen-bond acceptors (Lipinski definition) is 4. The summed E-state index contributed by atoms with van der Waals surface area (Å²) in [5.74, 6) is 0.659. The molecule has 1 aliphatic heterocycles. The number of thiazole rings is 1. The summed E-state index contributed by atoms with van der Waals surface area (Å²) in [5.41, 5.74) is 1.05. The number of rotatable bonds is 2. The minimum absolute atomic E-state index is 0.0403. The topological polar surface area (TPSA) is 46.3 Å². The van der Waals surface area contributed by atoms with E-state index in [1.165, 1.54) is 4.70 Å². The molecule has 0 radical (unpaired) electrons. The molecule has 0 N–H and O–H groups in total. The minimum Gasteiger partial charge on any atom is -0.444 e. The highest BCUT2D eigenvalue weighted by Crippen LogP contribution is 2.33.